The summed E-state index contributed by atoms with van der Waals surface area (Å²) in [6.45, 7) is 5.21. The van der Waals surface area contributed by atoms with Crippen LogP contribution in [-0.4, -0.2) is 54.3 Å². The van der Waals surface area contributed by atoms with Gasteiger partial charge < -0.3 is 10.0 Å². The molecule has 0 unspecified atom stereocenters. The molecule has 7 nitrogen and oxygen atoms in total. The maximum atomic E-state index is 12.0. The van der Waals surface area contributed by atoms with Crippen LogP contribution >= 0.6 is 0 Å². The van der Waals surface area contributed by atoms with Gasteiger partial charge in [-0.05, 0) is 38.2 Å². The third-order valence-electron chi connectivity index (χ3n) is 2.79. The quantitative estimate of drug-likeness (QED) is 0.581. The highest BCUT2D eigenvalue weighted by atomic mass is 32.2. The highest BCUT2D eigenvalue weighted by Gasteiger charge is 2.28. The number of carbonyl (C=O) groups excluding carboxylic acids is 1. The van der Waals surface area contributed by atoms with E-state index in [0.717, 1.165) is 16.9 Å². The lowest BCUT2D eigenvalue weighted by molar-refractivity contribution is -0.187. The van der Waals surface area contributed by atoms with E-state index in [9.17, 15) is 13.2 Å². The zero-order chi connectivity index (χ0) is 17.8. The van der Waals surface area contributed by atoms with Gasteiger partial charge in [0.1, 0.15) is 0 Å². The zero-order valence-corrected chi connectivity index (χ0v) is 14.5. The fourth-order valence-corrected chi connectivity index (χ4v) is 2.28. The molecular weight excluding hydrogens is 321 g/mol. The fourth-order valence-electron chi connectivity index (χ4n) is 1.78. The van der Waals surface area contributed by atoms with E-state index < -0.39 is 27.8 Å². The van der Waals surface area contributed by atoms with Crippen LogP contribution < -0.4 is 5.46 Å². The van der Waals surface area contributed by atoms with Gasteiger partial charge in [0.15, 0.2) is 0 Å². The maximum absolute atomic E-state index is 12.0. The molecule has 1 aromatic carbocycles. The highest BCUT2D eigenvalue weighted by molar-refractivity contribution is 8.05. The number of rotatable bonds is 5. The Morgan fingerprint density at radius 3 is 2.13 bits per heavy atom. The summed E-state index contributed by atoms with van der Waals surface area (Å²) in [7, 11) is -5.45. The first-order chi connectivity index (χ1) is 10.4. The van der Waals surface area contributed by atoms with Gasteiger partial charge in [0, 0.05) is 6.26 Å². The summed E-state index contributed by atoms with van der Waals surface area (Å²) in [5.41, 5.74) is 0.438. The van der Waals surface area contributed by atoms with Gasteiger partial charge in [0.25, 0.3) is 0 Å². The number of carbonyl (C=O) groups is 1. The first kappa shape index (κ1) is 19.6. The van der Waals surface area contributed by atoms with E-state index in [1.807, 2.05) is 0 Å². The molecule has 0 aromatic heterocycles. The lowest BCUT2D eigenvalue weighted by Gasteiger charge is -2.29. The van der Waals surface area contributed by atoms with Crippen molar-refractivity contribution in [3.63, 3.8) is 0 Å². The van der Waals surface area contributed by atoms with Crippen molar-refractivity contribution in [3.8, 4) is 0 Å². The van der Waals surface area contributed by atoms with Crippen molar-refractivity contribution in [2.75, 3.05) is 12.8 Å². The standard InChI is InChI=1S/C14H22BNO6S/c1-14(2,3)22-16(13(17)23(4,20)21)10-9-11-5-7-12(8-6-11)15(18)19/h5-8,18-19H,9-10H2,1-4H3. The summed E-state index contributed by atoms with van der Waals surface area (Å²) < 4.78 is 22.9. The number of hydroxylamine groups is 2. The molecule has 0 saturated heterocycles. The zero-order valence-electron chi connectivity index (χ0n) is 13.7. The van der Waals surface area contributed by atoms with Crippen molar-refractivity contribution in [1.82, 2.24) is 5.06 Å². The van der Waals surface area contributed by atoms with E-state index in [2.05, 4.69) is 0 Å². The number of benzene rings is 1. The van der Waals surface area contributed by atoms with Crippen molar-refractivity contribution in [2.45, 2.75) is 32.8 Å². The van der Waals surface area contributed by atoms with Gasteiger partial charge in [0.05, 0.1) is 12.1 Å². The Morgan fingerprint density at radius 2 is 1.74 bits per heavy atom. The average molecular weight is 343 g/mol. The Kier molecular flexibility index (Phi) is 6.35. The van der Waals surface area contributed by atoms with Crippen LogP contribution in [-0.2, 0) is 21.1 Å². The Hall–Kier alpha value is -1.42. The molecule has 23 heavy (non-hydrogen) atoms. The molecule has 0 atom stereocenters. The third-order valence-corrected chi connectivity index (χ3v) is 3.62. The summed E-state index contributed by atoms with van der Waals surface area (Å²) in [6.07, 6.45) is 1.20. The SMILES string of the molecule is CC(C)(C)ON(CCc1ccc(B(O)O)cc1)C(=O)S(C)(=O)=O. The number of hydrogen-bond donors (Lipinski definition) is 2. The maximum Gasteiger partial charge on any atom is 0.488 e. The molecule has 2 N–H and O–H groups in total. The molecule has 0 fully saturated rings. The predicted molar refractivity (Wildman–Crippen MR) is 87.8 cm³/mol. The molecule has 128 valence electrons. The molecule has 0 aliphatic carbocycles. The second-order valence-corrected chi connectivity index (χ2v) is 8.10. The largest absolute Gasteiger partial charge is 0.488 e. The normalized spacial score (nSPS) is 12.1. The van der Waals surface area contributed by atoms with Crippen molar-refractivity contribution >= 4 is 27.7 Å². The summed E-state index contributed by atoms with van der Waals surface area (Å²) in [5.74, 6) is 0. The molecule has 1 amide bonds. The monoisotopic (exact) mass is 343 g/mol. The first-order valence-electron chi connectivity index (χ1n) is 7.06. The minimum absolute atomic E-state index is 0.0597. The third kappa shape index (κ3) is 6.70. The molecule has 9 heteroatoms. The van der Waals surface area contributed by atoms with Crippen molar-refractivity contribution in [2.24, 2.45) is 0 Å². The lowest BCUT2D eigenvalue weighted by Crippen LogP contribution is -2.41. The summed E-state index contributed by atoms with van der Waals surface area (Å²) >= 11 is 0. The Labute approximate surface area is 136 Å². The molecule has 0 heterocycles. The van der Waals surface area contributed by atoms with Gasteiger partial charge in [-0.15, -0.1) is 0 Å². The van der Waals surface area contributed by atoms with Crippen molar-refractivity contribution < 1.29 is 28.1 Å². The van der Waals surface area contributed by atoms with E-state index in [-0.39, 0.29) is 6.54 Å². The number of hydrogen-bond acceptors (Lipinski definition) is 6. The van der Waals surface area contributed by atoms with Crippen molar-refractivity contribution in [1.29, 1.82) is 0 Å². The van der Waals surface area contributed by atoms with Gasteiger partial charge in [-0.1, -0.05) is 24.3 Å². The van der Waals surface area contributed by atoms with Gasteiger partial charge in [-0.2, -0.15) is 0 Å². The molecule has 0 saturated carbocycles. The van der Waals surface area contributed by atoms with E-state index >= 15 is 0 Å². The van der Waals surface area contributed by atoms with Crippen LogP contribution in [0.4, 0.5) is 4.79 Å². The van der Waals surface area contributed by atoms with E-state index in [0.29, 0.717) is 11.9 Å². The second-order valence-electron chi connectivity index (χ2n) is 6.21. The van der Waals surface area contributed by atoms with Crippen molar-refractivity contribution in [3.05, 3.63) is 29.8 Å². The minimum Gasteiger partial charge on any atom is -0.423 e. The van der Waals surface area contributed by atoms with Gasteiger partial charge in [-0.3, -0.25) is 9.63 Å². The minimum atomic E-state index is -3.90. The topological polar surface area (TPSA) is 104 Å². The van der Waals surface area contributed by atoms with Crippen LogP contribution in [0.2, 0.25) is 0 Å². The molecular formula is C14H22BNO6S. The first-order valence-corrected chi connectivity index (χ1v) is 8.95. The lowest BCUT2D eigenvalue weighted by atomic mass is 9.80. The highest BCUT2D eigenvalue weighted by Crippen LogP contribution is 2.14. The summed E-state index contributed by atoms with van der Waals surface area (Å²) in [6, 6.07) is 6.45. The molecule has 0 aliphatic rings. The van der Waals surface area contributed by atoms with Crippen LogP contribution in [0.15, 0.2) is 24.3 Å². The molecule has 1 aromatic rings. The number of nitrogens with zero attached hydrogens (tertiary/aromatic N) is 1. The Morgan fingerprint density at radius 1 is 1.22 bits per heavy atom. The molecule has 1 rings (SSSR count). The van der Waals surface area contributed by atoms with Crippen LogP contribution in [0.5, 0.6) is 0 Å². The molecule has 0 bridgehead atoms. The fraction of sp³-hybridized carbons (Fsp3) is 0.500. The summed E-state index contributed by atoms with van der Waals surface area (Å²) in [5, 5.41) is 17.8. The van der Waals surface area contributed by atoms with E-state index in [1.54, 1.807) is 45.0 Å². The smallest absolute Gasteiger partial charge is 0.423 e. The second kappa shape index (κ2) is 7.44. The van der Waals surface area contributed by atoms with Crippen LogP contribution in [0.3, 0.4) is 0 Å². The Bertz CT molecular complexity index is 636. The van der Waals surface area contributed by atoms with Gasteiger partial charge in [-0.25, -0.2) is 13.5 Å². The van der Waals surface area contributed by atoms with Gasteiger partial charge >= 0.3 is 12.4 Å². The Balaban J connectivity index is 2.83. The van der Waals surface area contributed by atoms with Crippen LogP contribution in [0, 0.1) is 0 Å². The van der Waals surface area contributed by atoms with E-state index in [1.165, 1.54) is 0 Å². The number of amides is 1. The van der Waals surface area contributed by atoms with Crippen LogP contribution in [0.25, 0.3) is 0 Å². The molecule has 0 radical (unpaired) electrons. The molecule has 0 spiro atoms. The number of sulfone groups is 1. The molecule has 0 aliphatic heterocycles. The summed E-state index contributed by atoms with van der Waals surface area (Å²) in [4.78, 5) is 17.4. The average Bonchev–Trinajstić information content (AvgIpc) is 2.40. The predicted octanol–water partition coefficient (Wildman–Crippen LogP) is 0.106. The van der Waals surface area contributed by atoms with Crippen LogP contribution in [0.1, 0.15) is 26.3 Å². The van der Waals surface area contributed by atoms with Gasteiger partial charge in [0.2, 0.25) is 9.84 Å². The van der Waals surface area contributed by atoms with E-state index in [4.69, 9.17) is 14.9 Å².